The van der Waals surface area contributed by atoms with Gasteiger partial charge in [-0.3, -0.25) is 4.79 Å². The number of halogens is 3. The summed E-state index contributed by atoms with van der Waals surface area (Å²) < 4.78 is 40.5. The molecule has 0 fully saturated rings. The van der Waals surface area contributed by atoms with Gasteiger partial charge in [0, 0.05) is 11.3 Å². The number of nitrogens with zero attached hydrogens (tertiary/aromatic N) is 4. The molecule has 1 aromatic heterocycles. The van der Waals surface area contributed by atoms with E-state index in [0.29, 0.717) is 17.2 Å². The highest BCUT2D eigenvalue weighted by molar-refractivity contribution is 6.08. The first kappa shape index (κ1) is 16.9. The second-order valence-corrected chi connectivity index (χ2v) is 5.57. The van der Waals surface area contributed by atoms with Gasteiger partial charge in [-0.25, -0.2) is 4.68 Å². The number of carbonyl (C=O) groups is 1. The molecule has 3 rings (SSSR count). The van der Waals surface area contributed by atoms with E-state index in [1.807, 2.05) is 0 Å². The van der Waals surface area contributed by atoms with Crippen LogP contribution in [0, 0.1) is 0 Å². The first-order chi connectivity index (χ1) is 11.8. The monoisotopic (exact) mass is 349 g/mol. The fourth-order valence-corrected chi connectivity index (χ4v) is 2.75. The van der Waals surface area contributed by atoms with Crippen LogP contribution in [0.3, 0.4) is 0 Å². The number of aromatic nitrogens is 4. The van der Waals surface area contributed by atoms with E-state index in [0.717, 1.165) is 12.1 Å². The van der Waals surface area contributed by atoms with Crippen LogP contribution < -0.4 is 5.32 Å². The molecule has 6 nitrogen and oxygen atoms in total. The largest absolute Gasteiger partial charge is 0.416 e. The van der Waals surface area contributed by atoms with Gasteiger partial charge in [-0.05, 0) is 42.0 Å². The molecule has 1 aliphatic heterocycles. The predicted octanol–water partition coefficient (Wildman–Crippen LogP) is 3.23. The van der Waals surface area contributed by atoms with Crippen molar-refractivity contribution in [1.29, 1.82) is 0 Å². The highest BCUT2D eigenvalue weighted by atomic mass is 19.4. The molecular formula is C16H14F3N5O. The average Bonchev–Trinajstić information content (AvgIpc) is 3.01. The minimum atomic E-state index is -4.49. The predicted molar refractivity (Wildman–Crippen MR) is 84.3 cm³/mol. The van der Waals surface area contributed by atoms with Crippen molar-refractivity contribution in [3.63, 3.8) is 0 Å². The van der Waals surface area contributed by atoms with Crippen molar-refractivity contribution >= 4 is 17.8 Å². The topological polar surface area (TPSA) is 72.7 Å². The Balaban J connectivity index is 1.90. The van der Waals surface area contributed by atoms with Crippen molar-refractivity contribution in [3.05, 3.63) is 52.7 Å². The van der Waals surface area contributed by atoms with Crippen molar-refractivity contribution < 1.29 is 18.0 Å². The van der Waals surface area contributed by atoms with E-state index in [2.05, 4.69) is 20.8 Å². The molecule has 2 heterocycles. The molecule has 0 aliphatic carbocycles. The summed E-state index contributed by atoms with van der Waals surface area (Å²) in [7, 11) is 0. The van der Waals surface area contributed by atoms with Crippen LogP contribution in [0.4, 0.5) is 19.1 Å². The highest BCUT2D eigenvalue weighted by Gasteiger charge is 2.32. The van der Waals surface area contributed by atoms with E-state index in [1.54, 1.807) is 13.8 Å². The van der Waals surface area contributed by atoms with E-state index >= 15 is 0 Å². The lowest BCUT2D eigenvalue weighted by molar-refractivity contribution is -0.137. The number of tetrazole rings is 1. The number of alkyl halides is 3. The Labute approximate surface area is 141 Å². The molecule has 1 N–H and O–H groups in total. The van der Waals surface area contributed by atoms with E-state index in [9.17, 15) is 18.0 Å². The second-order valence-electron chi connectivity index (χ2n) is 5.57. The summed E-state index contributed by atoms with van der Waals surface area (Å²) in [6, 6.07) is 4.66. The Hall–Kier alpha value is -2.97. The van der Waals surface area contributed by atoms with Crippen molar-refractivity contribution in [2.24, 2.45) is 0 Å². The van der Waals surface area contributed by atoms with E-state index in [-0.39, 0.29) is 5.56 Å². The quantitative estimate of drug-likeness (QED) is 0.862. The number of hydrogen-bond acceptors (Lipinski definition) is 5. The molecule has 130 valence electrons. The van der Waals surface area contributed by atoms with Crippen LogP contribution in [0.15, 0.2) is 41.6 Å². The van der Waals surface area contributed by atoms with Gasteiger partial charge in [-0.15, -0.1) is 0 Å². The van der Waals surface area contributed by atoms with Crippen molar-refractivity contribution in [3.8, 4) is 0 Å². The number of hydrogen-bond donors (Lipinski definition) is 1. The number of fused-ring (bicyclic) bond motifs is 1. The SMILES string of the molecule is CC1=C(C(=O)C=Cc2ccccc2C(F)(F)F)C(C)n2nnnc2N1. The molecule has 2 aromatic rings. The Bertz CT molecular complexity index is 882. The van der Waals surface area contributed by atoms with Gasteiger partial charge >= 0.3 is 6.18 Å². The molecule has 1 unspecified atom stereocenters. The molecule has 0 saturated carbocycles. The third-order valence-corrected chi connectivity index (χ3v) is 3.93. The zero-order chi connectivity index (χ0) is 18.2. The summed E-state index contributed by atoms with van der Waals surface area (Å²) in [4.78, 5) is 12.5. The summed E-state index contributed by atoms with van der Waals surface area (Å²) >= 11 is 0. The van der Waals surface area contributed by atoms with Crippen LogP contribution in [0.5, 0.6) is 0 Å². The van der Waals surface area contributed by atoms with Gasteiger partial charge in [0.05, 0.1) is 11.6 Å². The van der Waals surface area contributed by atoms with E-state index < -0.39 is 23.6 Å². The van der Waals surface area contributed by atoms with Gasteiger partial charge in [-0.1, -0.05) is 29.4 Å². The average molecular weight is 349 g/mol. The van der Waals surface area contributed by atoms with Gasteiger partial charge in [0.25, 0.3) is 0 Å². The molecule has 25 heavy (non-hydrogen) atoms. The van der Waals surface area contributed by atoms with Gasteiger partial charge in [-0.2, -0.15) is 13.2 Å². The molecular weight excluding hydrogens is 335 g/mol. The zero-order valence-corrected chi connectivity index (χ0v) is 13.4. The Morgan fingerprint density at radius 1 is 1.32 bits per heavy atom. The van der Waals surface area contributed by atoms with Crippen LogP contribution in [0.1, 0.15) is 31.0 Å². The van der Waals surface area contributed by atoms with Gasteiger partial charge in [0.15, 0.2) is 5.78 Å². The standard InChI is InChI=1S/C16H14F3N5O/c1-9-14(10(2)24-15(20-9)21-22-23-24)13(25)8-7-11-5-3-4-6-12(11)16(17,18)19/h3-8,10H,1-2H3,(H,20,21,23). The van der Waals surface area contributed by atoms with Crippen LogP contribution in [0.25, 0.3) is 6.08 Å². The van der Waals surface area contributed by atoms with Crippen LogP contribution in [-0.4, -0.2) is 26.0 Å². The third-order valence-electron chi connectivity index (χ3n) is 3.93. The number of carbonyl (C=O) groups excluding carboxylic acids is 1. The Kier molecular flexibility index (Phi) is 4.15. The lowest BCUT2D eigenvalue weighted by Crippen LogP contribution is -2.25. The highest BCUT2D eigenvalue weighted by Crippen LogP contribution is 2.33. The summed E-state index contributed by atoms with van der Waals surface area (Å²) in [6.07, 6.45) is -2.18. The Morgan fingerprint density at radius 3 is 2.76 bits per heavy atom. The molecule has 9 heteroatoms. The second kappa shape index (κ2) is 6.15. The first-order valence-corrected chi connectivity index (χ1v) is 7.43. The van der Waals surface area contributed by atoms with Crippen LogP contribution in [-0.2, 0) is 11.0 Å². The third kappa shape index (κ3) is 3.17. The lowest BCUT2D eigenvalue weighted by Gasteiger charge is -2.23. The van der Waals surface area contributed by atoms with Crippen molar-refractivity contribution in [2.45, 2.75) is 26.1 Å². The molecule has 1 atom stereocenters. The van der Waals surface area contributed by atoms with Crippen LogP contribution >= 0.6 is 0 Å². The summed E-state index contributed by atoms with van der Waals surface area (Å²) in [6.45, 7) is 3.44. The summed E-state index contributed by atoms with van der Waals surface area (Å²) in [5.41, 5.74) is 0.0950. The molecule has 0 saturated heterocycles. The van der Waals surface area contributed by atoms with Gasteiger partial charge in [0.2, 0.25) is 5.95 Å². The number of anilines is 1. The fraction of sp³-hybridized carbons (Fsp3) is 0.250. The van der Waals surface area contributed by atoms with E-state index in [4.69, 9.17) is 0 Å². The molecule has 1 aliphatic rings. The van der Waals surface area contributed by atoms with Gasteiger partial charge in [0.1, 0.15) is 0 Å². The normalized spacial score (nSPS) is 17.6. The summed E-state index contributed by atoms with van der Waals surface area (Å²) in [5, 5.41) is 14.0. The number of nitrogens with one attached hydrogen (secondary N) is 1. The maximum Gasteiger partial charge on any atom is 0.416 e. The summed E-state index contributed by atoms with van der Waals surface area (Å²) in [5.74, 6) is 0.00331. The fourth-order valence-electron chi connectivity index (χ4n) is 2.75. The maximum absolute atomic E-state index is 13.0. The lowest BCUT2D eigenvalue weighted by atomic mass is 9.98. The van der Waals surface area contributed by atoms with E-state index in [1.165, 1.54) is 29.0 Å². The van der Waals surface area contributed by atoms with Crippen LogP contribution in [0.2, 0.25) is 0 Å². The number of ketones is 1. The minimum absolute atomic E-state index is 0.0684. The first-order valence-electron chi connectivity index (χ1n) is 7.43. The Morgan fingerprint density at radius 2 is 2.04 bits per heavy atom. The molecule has 0 amide bonds. The molecule has 0 bridgehead atoms. The minimum Gasteiger partial charge on any atom is -0.327 e. The maximum atomic E-state index is 13.0. The molecule has 0 radical (unpaired) electrons. The van der Waals surface area contributed by atoms with Crippen molar-refractivity contribution in [1.82, 2.24) is 20.2 Å². The van der Waals surface area contributed by atoms with Gasteiger partial charge < -0.3 is 5.32 Å². The molecule has 1 aromatic carbocycles. The number of allylic oxidation sites excluding steroid dienone is 3. The molecule has 0 spiro atoms. The zero-order valence-electron chi connectivity index (χ0n) is 13.4. The number of rotatable bonds is 3. The smallest absolute Gasteiger partial charge is 0.327 e. The number of benzene rings is 1. The van der Waals surface area contributed by atoms with Crippen molar-refractivity contribution in [2.75, 3.05) is 5.32 Å².